The van der Waals surface area contributed by atoms with Gasteiger partial charge >= 0.3 is 5.97 Å². The Morgan fingerprint density at radius 1 is 1.31 bits per heavy atom. The zero-order valence-electron chi connectivity index (χ0n) is 9.74. The van der Waals surface area contributed by atoms with Gasteiger partial charge in [-0.25, -0.2) is 0 Å². The smallest absolute Gasteiger partial charge is 0.303 e. The van der Waals surface area contributed by atoms with E-state index in [9.17, 15) is 14.4 Å². The van der Waals surface area contributed by atoms with Crippen LogP contribution in [-0.2, 0) is 14.4 Å². The summed E-state index contributed by atoms with van der Waals surface area (Å²) in [5, 5.41) is 13.7. The summed E-state index contributed by atoms with van der Waals surface area (Å²) in [5.74, 6) is -1.44. The minimum atomic E-state index is -0.951. The van der Waals surface area contributed by atoms with Crippen molar-refractivity contribution in [2.75, 3.05) is 7.05 Å². The van der Waals surface area contributed by atoms with Gasteiger partial charge in [0.25, 0.3) is 0 Å². The average molecular weight is 230 g/mol. The molecule has 0 heterocycles. The molecule has 0 saturated heterocycles. The van der Waals surface area contributed by atoms with E-state index in [2.05, 4.69) is 10.6 Å². The van der Waals surface area contributed by atoms with Gasteiger partial charge in [-0.05, 0) is 27.3 Å². The van der Waals surface area contributed by atoms with Gasteiger partial charge in [0.05, 0.1) is 12.1 Å². The van der Waals surface area contributed by atoms with Gasteiger partial charge in [0.15, 0.2) is 5.78 Å². The molecule has 0 aromatic heterocycles. The first-order valence-electron chi connectivity index (χ1n) is 5.08. The summed E-state index contributed by atoms with van der Waals surface area (Å²) in [6.45, 7) is 2.97. The number of hydrogen-bond donors (Lipinski definition) is 3. The van der Waals surface area contributed by atoms with Crippen molar-refractivity contribution in [3.63, 3.8) is 0 Å². The zero-order valence-corrected chi connectivity index (χ0v) is 9.74. The van der Waals surface area contributed by atoms with E-state index in [0.717, 1.165) is 0 Å². The van der Waals surface area contributed by atoms with E-state index in [0.29, 0.717) is 0 Å². The first-order valence-corrected chi connectivity index (χ1v) is 5.08. The predicted octanol–water partition coefficient (Wildman–Crippen LogP) is -0.467. The molecule has 0 rings (SSSR count). The third-order valence-corrected chi connectivity index (χ3v) is 2.28. The molecule has 92 valence electrons. The fourth-order valence-electron chi connectivity index (χ4n) is 1.09. The molecule has 6 heteroatoms. The summed E-state index contributed by atoms with van der Waals surface area (Å²) >= 11 is 0. The maximum absolute atomic E-state index is 11.6. The fraction of sp³-hybridized carbons (Fsp3) is 0.700. The molecule has 0 fully saturated rings. The Labute approximate surface area is 94.4 Å². The van der Waals surface area contributed by atoms with Crippen LogP contribution in [0.25, 0.3) is 0 Å². The van der Waals surface area contributed by atoms with Gasteiger partial charge in [0.1, 0.15) is 0 Å². The summed E-state index contributed by atoms with van der Waals surface area (Å²) < 4.78 is 0. The number of amides is 1. The van der Waals surface area contributed by atoms with Crippen LogP contribution < -0.4 is 10.6 Å². The lowest BCUT2D eigenvalue weighted by Gasteiger charge is -2.17. The summed E-state index contributed by atoms with van der Waals surface area (Å²) in [5.41, 5.74) is 0. The van der Waals surface area contributed by atoms with E-state index < -0.39 is 18.1 Å². The molecule has 0 saturated carbocycles. The van der Waals surface area contributed by atoms with Gasteiger partial charge in [0.2, 0.25) is 5.91 Å². The van der Waals surface area contributed by atoms with Crippen LogP contribution in [0.1, 0.15) is 26.7 Å². The number of carbonyl (C=O) groups excluding carboxylic acids is 2. The molecule has 3 N–H and O–H groups in total. The molecule has 1 amide bonds. The van der Waals surface area contributed by atoms with Crippen LogP contribution in [0.5, 0.6) is 0 Å². The van der Waals surface area contributed by atoms with Crippen LogP contribution >= 0.6 is 0 Å². The third kappa shape index (κ3) is 5.45. The highest BCUT2D eigenvalue weighted by Crippen LogP contribution is 1.98. The highest BCUT2D eigenvalue weighted by Gasteiger charge is 2.20. The van der Waals surface area contributed by atoms with Gasteiger partial charge in [-0.15, -0.1) is 0 Å². The van der Waals surface area contributed by atoms with Crippen molar-refractivity contribution in [2.45, 2.75) is 38.8 Å². The Balaban J connectivity index is 4.20. The normalized spacial score (nSPS) is 13.9. The second kappa shape index (κ2) is 6.95. The summed E-state index contributed by atoms with van der Waals surface area (Å²) in [4.78, 5) is 32.9. The van der Waals surface area contributed by atoms with E-state index in [1.807, 2.05) is 0 Å². The largest absolute Gasteiger partial charge is 0.481 e. The van der Waals surface area contributed by atoms with Gasteiger partial charge in [-0.1, -0.05) is 0 Å². The SMILES string of the molecule is CN[C@@H](CCC(=O)O)C(=O)N[C@@H](C)C(C)=O. The van der Waals surface area contributed by atoms with Crippen molar-refractivity contribution in [3.8, 4) is 0 Å². The average Bonchev–Trinajstić information content (AvgIpc) is 2.17. The molecule has 16 heavy (non-hydrogen) atoms. The number of carbonyl (C=O) groups is 3. The molecule has 0 radical (unpaired) electrons. The predicted molar refractivity (Wildman–Crippen MR) is 58.0 cm³/mol. The number of Topliss-reactive ketones (excluding diaryl/α,β-unsaturated/α-hetero) is 1. The molecule has 0 aromatic rings. The highest BCUT2D eigenvalue weighted by molar-refractivity contribution is 5.89. The zero-order chi connectivity index (χ0) is 12.7. The molecular formula is C10H18N2O4. The van der Waals surface area contributed by atoms with Crippen LogP contribution in [0.15, 0.2) is 0 Å². The lowest BCUT2D eigenvalue weighted by molar-refractivity contribution is -0.137. The van der Waals surface area contributed by atoms with E-state index in [4.69, 9.17) is 5.11 Å². The summed E-state index contributed by atoms with van der Waals surface area (Å²) in [6.07, 6.45) is 0.107. The minimum absolute atomic E-state index is 0.0899. The standard InChI is InChI=1S/C10H18N2O4/c1-6(7(2)13)12-10(16)8(11-3)4-5-9(14)15/h6,8,11H,4-5H2,1-3H3,(H,12,16)(H,14,15)/t6-,8-/m0/s1. The van der Waals surface area contributed by atoms with Crippen molar-refractivity contribution < 1.29 is 19.5 Å². The molecule has 0 unspecified atom stereocenters. The summed E-state index contributed by atoms with van der Waals surface area (Å²) in [6, 6.07) is -1.13. The van der Waals surface area contributed by atoms with Crippen molar-refractivity contribution in [1.82, 2.24) is 10.6 Å². The highest BCUT2D eigenvalue weighted by atomic mass is 16.4. The Hall–Kier alpha value is -1.43. The van der Waals surface area contributed by atoms with Crippen molar-refractivity contribution in [1.29, 1.82) is 0 Å². The molecule has 0 aliphatic carbocycles. The van der Waals surface area contributed by atoms with Crippen molar-refractivity contribution in [2.24, 2.45) is 0 Å². The van der Waals surface area contributed by atoms with Crippen LogP contribution in [-0.4, -0.2) is 41.9 Å². The third-order valence-electron chi connectivity index (χ3n) is 2.28. The van der Waals surface area contributed by atoms with E-state index in [1.165, 1.54) is 6.92 Å². The minimum Gasteiger partial charge on any atom is -0.481 e. The van der Waals surface area contributed by atoms with Gasteiger partial charge in [-0.3, -0.25) is 14.4 Å². The molecule has 0 aliphatic heterocycles. The number of likely N-dealkylation sites (N-methyl/N-ethyl adjacent to an activating group) is 1. The van der Waals surface area contributed by atoms with E-state index in [1.54, 1.807) is 14.0 Å². The van der Waals surface area contributed by atoms with Gasteiger partial charge in [-0.2, -0.15) is 0 Å². The lowest BCUT2D eigenvalue weighted by Crippen LogP contribution is -2.48. The molecule has 0 aromatic carbocycles. The quantitative estimate of drug-likeness (QED) is 0.549. The van der Waals surface area contributed by atoms with Crippen molar-refractivity contribution in [3.05, 3.63) is 0 Å². The Morgan fingerprint density at radius 2 is 1.88 bits per heavy atom. The second-order valence-corrected chi connectivity index (χ2v) is 3.61. The number of carboxylic acid groups (broad SMARTS) is 1. The number of carboxylic acids is 1. The molecule has 2 atom stereocenters. The second-order valence-electron chi connectivity index (χ2n) is 3.61. The van der Waals surface area contributed by atoms with Crippen LogP contribution in [0, 0.1) is 0 Å². The Kier molecular flexibility index (Phi) is 6.32. The lowest BCUT2D eigenvalue weighted by atomic mass is 10.1. The fourth-order valence-corrected chi connectivity index (χ4v) is 1.09. The first kappa shape index (κ1) is 14.6. The maximum Gasteiger partial charge on any atom is 0.303 e. The van der Waals surface area contributed by atoms with E-state index >= 15 is 0 Å². The van der Waals surface area contributed by atoms with Crippen LogP contribution in [0.4, 0.5) is 0 Å². The van der Waals surface area contributed by atoms with Gasteiger partial charge < -0.3 is 15.7 Å². The first-order chi connectivity index (χ1) is 7.38. The Bertz CT molecular complexity index is 278. The Morgan fingerprint density at radius 3 is 2.25 bits per heavy atom. The molecular weight excluding hydrogens is 212 g/mol. The summed E-state index contributed by atoms with van der Waals surface area (Å²) in [7, 11) is 1.57. The number of rotatable bonds is 7. The maximum atomic E-state index is 11.6. The molecule has 0 bridgehead atoms. The molecule has 0 spiro atoms. The number of aliphatic carboxylic acids is 1. The van der Waals surface area contributed by atoms with Crippen LogP contribution in [0.2, 0.25) is 0 Å². The van der Waals surface area contributed by atoms with E-state index in [-0.39, 0.29) is 24.5 Å². The van der Waals surface area contributed by atoms with Crippen LogP contribution in [0.3, 0.4) is 0 Å². The topological polar surface area (TPSA) is 95.5 Å². The number of ketones is 1. The monoisotopic (exact) mass is 230 g/mol. The number of nitrogens with one attached hydrogen (secondary N) is 2. The number of hydrogen-bond acceptors (Lipinski definition) is 4. The van der Waals surface area contributed by atoms with Crippen molar-refractivity contribution >= 4 is 17.7 Å². The molecule has 6 nitrogen and oxygen atoms in total. The molecule has 0 aliphatic rings. The van der Waals surface area contributed by atoms with Gasteiger partial charge in [0, 0.05) is 6.42 Å².